The molecule has 0 aromatic rings. The van der Waals surface area contributed by atoms with Gasteiger partial charge in [-0.1, -0.05) is 71.1 Å². The predicted molar refractivity (Wildman–Crippen MR) is 99.2 cm³/mol. The summed E-state index contributed by atoms with van der Waals surface area (Å²) in [5, 5.41) is 9.24. The minimum atomic E-state index is 0. The minimum absolute atomic E-state index is 0. The third-order valence-electron chi connectivity index (χ3n) is 5.40. The summed E-state index contributed by atoms with van der Waals surface area (Å²) in [6.07, 6.45) is 17.0. The Morgan fingerprint density at radius 1 is 0.565 bits per heavy atom. The lowest BCUT2D eigenvalue weighted by Gasteiger charge is -2.36. The number of unbranched alkanes of at least 4 members (excludes halogenated alkanes) is 11. The number of aliphatic hydroxyl groups excluding tert-OH is 1. The molecular formula is C20H44BrNO. The van der Waals surface area contributed by atoms with Crippen molar-refractivity contribution in [2.75, 3.05) is 32.8 Å². The number of aliphatic hydroxyl groups is 1. The standard InChI is InChI=1S/C20H44NO.BrH/c1-4-7-8-9-10-11-12-13-14-15-16-17-18-21(5-2,6-3)19-20-22;/h22H,4-20H2,1-3H3;1H/q+1;/p-1. The summed E-state index contributed by atoms with van der Waals surface area (Å²) >= 11 is 0. The largest absolute Gasteiger partial charge is 1.00 e. The van der Waals surface area contributed by atoms with Crippen LogP contribution in [-0.2, 0) is 0 Å². The van der Waals surface area contributed by atoms with Gasteiger partial charge in [-0.3, -0.25) is 0 Å². The van der Waals surface area contributed by atoms with Gasteiger partial charge >= 0.3 is 0 Å². The lowest BCUT2D eigenvalue weighted by Crippen LogP contribution is -3.00. The van der Waals surface area contributed by atoms with Gasteiger partial charge in [0.2, 0.25) is 0 Å². The summed E-state index contributed by atoms with van der Waals surface area (Å²) in [5.41, 5.74) is 0. The first-order valence-electron chi connectivity index (χ1n) is 10.2. The van der Waals surface area contributed by atoms with Crippen molar-refractivity contribution in [3.8, 4) is 0 Å². The van der Waals surface area contributed by atoms with Crippen molar-refractivity contribution in [1.82, 2.24) is 0 Å². The normalized spacial score (nSPS) is 11.5. The van der Waals surface area contributed by atoms with Crippen molar-refractivity contribution in [3.63, 3.8) is 0 Å². The number of hydrogen-bond donors (Lipinski definition) is 1. The molecule has 0 amide bonds. The first-order valence-corrected chi connectivity index (χ1v) is 10.2. The van der Waals surface area contributed by atoms with Gasteiger partial charge in [-0.05, 0) is 26.7 Å². The zero-order valence-corrected chi connectivity index (χ0v) is 17.9. The summed E-state index contributed by atoms with van der Waals surface area (Å²) in [6, 6.07) is 0. The smallest absolute Gasteiger partial charge is 0.102 e. The number of rotatable bonds is 17. The minimum Gasteiger partial charge on any atom is -1.00 e. The highest BCUT2D eigenvalue weighted by Crippen LogP contribution is 2.14. The molecule has 0 aromatic carbocycles. The maximum Gasteiger partial charge on any atom is 0.102 e. The Labute approximate surface area is 157 Å². The van der Waals surface area contributed by atoms with E-state index in [0.29, 0.717) is 6.61 Å². The zero-order valence-electron chi connectivity index (χ0n) is 16.3. The summed E-state index contributed by atoms with van der Waals surface area (Å²) < 4.78 is 1.11. The number of likely N-dealkylation sites (N-methyl/N-ethyl adjacent to an activating group) is 1. The van der Waals surface area contributed by atoms with Crippen LogP contribution in [0.5, 0.6) is 0 Å². The second-order valence-corrected chi connectivity index (χ2v) is 7.03. The number of halogens is 1. The first kappa shape index (κ1) is 25.6. The van der Waals surface area contributed by atoms with Crippen LogP contribution in [-0.4, -0.2) is 42.4 Å². The average molecular weight is 394 g/mol. The summed E-state index contributed by atoms with van der Waals surface area (Å²) in [4.78, 5) is 0. The van der Waals surface area contributed by atoms with E-state index in [9.17, 15) is 5.11 Å². The molecule has 0 saturated carbocycles. The topological polar surface area (TPSA) is 20.2 Å². The van der Waals surface area contributed by atoms with E-state index in [1.807, 2.05) is 0 Å². The van der Waals surface area contributed by atoms with Crippen LogP contribution in [0.1, 0.15) is 97.8 Å². The maximum absolute atomic E-state index is 9.24. The van der Waals surface area contributed by atoms with Crippen LogP contribution in [0.4, 0.5) is 0 Å². The Morgan fingerprint density at radius 2 is 0.957 bits per heavy atom. The highest BCUT2D eigenvalue weighted by molar-refractivity contribution is 4.49. The van der Waals surface area contributed by atoms with Crippen molar-refractivity contribution in [3.05, 3.63) is 0 Å². The van der Waals surface area contributed by atoms with E-state index in [4.69, 9.17) is 0 Å². The molecule has 0 aliphatic heterocycles. The second kappa shape index (κ2) is 18.7. The second-order valence-electron chi connectivity index (χ2n) is 7.03. The fraction of sp³-hybridized carbons (Fsp3) is 1.00. The molecular weight excluding hydrogens is 350 g/mol. The molecule has 0 unspecified atom stereocenters. The Morgan fingerprint density at radius 3 is 1.30 bits per heavy atom. The van der Waals surface area contributed by atoms with E-state index in [1.165, 1.54) is 83.6 Å². The van der Waals surface area contributed by atoms with Gasteiger partial charge in [0.25, 0.3) is 0 Å². The van der Waals surface area contributed by atoms with Gasteiger partial charge < -0.3 is 26.6 Å². The Kier molecular flexibility index (Phi) is 20.9. The number of nitrogens with zero attached hydrogens (tertiary/aromatic N) is 1. The lowest BCUT2D eigenvalue weighted by molar-refractivity contribution is -0.925. The van der Waals surface area contributed by atoms with Crippen molar-refractivity contribution >= 4 is 0 Å². The van der Waals surface area contributed by atoms with Gasteiger partial charge in [0, 0.05) is 0 Å². The highest BCUT2D eigenvalue weighted by atomic mass is 79.9. The van der Waals surface area contributed by atoms with Crippen molar-refractivity contribution < 1.29 is 26.6 Å². The van der Waals surface area contributed by atoms with E-state index < -0.39 is 0 Å². The van der Waals surface area contributed by atoms with Crippen LogP contribution >= 0.6 is 0 Å². The van der Waals surface area contributed by atoms with E-state index in [-0.39, 0.29) is 17.0 Å². The van der Waals surface area contributed by atoms with Gasteiger partial charge in [0.05, 0.1) is 26.2 Å². The van der Waals surface area contributed by atoms with Gasteiger partial charge in [-0.15, -0.1) is 0 Å². The quantitative estimate of drug-likeness (QED) is 0.297. The first-order chi connectivity index (χ1) is 10.7. The van der Waals surface area contributed by atoms with E-state index in [2.05, 4.69) is 20.8 Å². The molecule has 0 heterocycles. The molecule has 0 bridgehead atoms. The zero-order chi connectivity index (χ0) is 16.5. The van der Waals surface area contributed by atoms with Gasteiger partial charge in [-0.25, -0.2) is 0 Å². The molecule has 142 valence electrons. The molecule has 2 nitrogen and oxygen atoms in total. The van der Waals surface area contributed by atoms with Gasteiger partial charge in [0.1, 0.15) is 6.54 Å². The highest BCUT2D eigenvalue weighted by Gasteiger charge is 2.21. The van der Waals surface area contributed by atoms with Crippen LogP contribution in [0.3, 0.4) is 0 Å². The number of hydrogen-bond acceptors (Lipinski definition) is 1. The van der Waals surface area contributed by atoms with Crippen LogP contribution in [0.2, 0.25) is 0 Å². The molecule has 0 fully saturated rings. The summed E-state index contributed by atoms with van der Waals surface area (Å²) in [5.74, 6) is 0. The van der Waals surface area contributed by atoms with Gasteiger partial charge in [0.15, 0.2) is 0 Å². The van der Waals surface area contributed by atoms with Crippen LogP contribution in [0, 0.1) is 0 Å². The molecule has 0 rings (SSSR count). The van der Waals surface area contributed by atoms with Gasteiger partial charge in [-0.2, -0.15) is 0 Å². The Balaban J connectivity index is 0. The Hall–Kier alpha value is 0.400. The molecule has 1 N–H and O–H groups in total. The molecule has 0 aromatic heterocycles. The Bertz CT molecular complexity index is 220. The number of quaternary nitrogens is 1. The molecule has 23 heavy (non-hydrogen) atoms. The molecule has 3 heteroatoms. The van der Waals surface area contributed by atoms with Crippen LogP contribution < -0.4 is 17.0 Å². The summed E-state index contributed by atoms with van der Waals surface area (Å²) in [6.45, 7) is 11.7. The molecule has 0 aliphatic rings. The van der Waals surface area contributed by atoms with Crippen molar-refractivity contribution in [1.29, 1.82) is 0 Å². The third-order valence-corrected chi connectivity index (χ3v) is 5.40. The fourth-order valence-electron chi connectivity index (χ4n) is 3.47. The maximum atomic E-state index is 9.24. The fourth-order valence-corrected chi connectivity index (χ4v) is 3.47. The molecule has 0 atom stereocenters. The van der Waals surface area contributed by atoms with E-state index >= 15 is 0 Å². The average Bonchev–Trinajstić information content (AvgIpc) is 2.55. The SMILES string of the molecule is CCCCCCCCCCCCCC[N+](CC)(CC)CCO.[Br-]. The predicted octanol–water partition coefficient (Wildman–Crippen LogP) is 2.54. The van der Waals surface area contributed by atoms with E-state index in [0.717, 1.165) is 24.1 Å². The van der Waals surface area contributed by atoms with Crippen molar-refractivity contribution in [2.24, 2.45) is 0 Å². The summed E-state index contributed by atoms with van der Waals surface area (Å²) in [7, 11) is 0. The van der Waals surface area contributed by atoms with Crippen molar-refractivity contribution in [2.45, 2.75) is 97.8 Å². The monoisotopic (exact) mass is 393 g/mol. The third kappa shape index (κ3) is 14.4. The van der Waals surface area contributed by atoms with Crippen LogP contribution in [0.15, 0.2) is 0 Å². The molecule has 0 spiro atoms. The van der Waals surface area contributed by atoms with E-state index in [1.54, 1.807) is 0 Å². The molecule has 0 saturated heterocycles. The molecule has 0 aliphatic carbocycles. The molecule has 0 radical (unpaired) electrons. The lowest BCUT2D eigenvalue weighted by atomic mass is 10.0. The van der Waals surface area contributed by atoms with Crippen LogP contribution in [0.25, 0.3) is 0 Å².